The highest BCUT2D eigenvalue weighted by molar-refractivity contribution is 5.92. The Morgan fingerprint density at radius 3 is 2.03 bits per heavy atom. The number of methoxy groups -OCH3 is 2. The van der Waals surface area contributed by atoms with Crippen LogP contribution in [-0.4, -0.2) is 73.8 Å². The van der Waals surface area contributed by atoms with Crippen LogP contribution in [0.3, 0.4) is 0 Å². The Morgan fingerprint density at radius 1 is 0.970 bits per heavy atom. The molecule has 1 rings (SSSR count). The number of nitrogens with one attached hydrogen (secondary N) is 2. The Labute approximate surface area is 194 Å². The molecule has 0 saturated carbocycles. The number of benzene rings is 1. The van der Waals surface area contributed by atoms with Crippen molar-refractivity contribution >= 4 is 23.9 Å². The van der Waals surface area contributed by atoms with Crippen molar-refractivity contribution in [3.05, 3.63) is 29.8 Å². The number of esters is 1. The highest BCUT2D eigenvalue weighted by Gasteiger charge is 2.32. The predicted octanol–water partition coefficient (Wildman–Crippen LogP) is 1.66. The van der Waals surface area contributed by atoms with E-state index in [0.717, 1.165) is 5.56 Å². The minimum atomic E-state index is -0.958. The number of carbonyl (C=O) groups is 4. The smallest absolute Gasteiger partial charge is 0.408 e. The van der Waals surface area contributed by atoms with Gasteiger partial charge in [0.05, 0.1) is 14.2 Å². The van der Waals surface area contributed by atoms with Gasteiger partial charge in [-0.1, -0.05) is 12.1 Å². The maximum Gasteiger partial charge on any atom is 0.408 e. The standard InChI is InChI=1S/C23H35N3O7/c1-14(25-22(30)33-23(3,4)5)20(28)26(6)18(19(27)24-15(2)21(29)32-8)13-16-9-11-17(31-7)12-10-16/h9-12,14-15,18H,13H2,1-8H3,(H,24,27)(H,25,30)/t14-,15-,18+/m0/s1. The molecule has 0 heterocycles. The first-order valence-electron chi connectivity index (χ1n) is 10.6. The minimum Gasteiger partial charge on any atom is -0.497 e. The Hall–Kier alpha value is -3.30. The average Bonchev–Trinajstić information content (AvgIpc) is 2.74. The molecule has 1 aromatic carbocycles. The number of likely N-dealkylation sites (N-methyl/N-ethyl adjacent to an activating group) is 1. The number of alkyl carbamates (subject to hydrolysis) is 1. The molecule has 1 aromatic rings. The van der Waals surface area contributed by atoms with Crippen LogP contribution in [-0.2, 0) is 30.3 Å². The lowest BCUT2D eigenvalue weighted by Crippen LogP contribution is -2.56. The summed E-state index contributed by atoms with van der Waals surface area (Å²) in [6.45, 7) is 8.12. The second-order valence-corrected chi connectivity index (χ2v) is 8.64. The number of carbonyl (C=O) groups excluding carboxylic acids is 4. The molecule has 10 nitrogen and oxygen atoms in total. The minimum absolute atomic E-state index is 0.172. The molecular formula is C23H35N3O7. The first kappa shape index (κ1) is 27.7. The molecule has 0 bridgehead atoms. The molecule has 0 aromatic heterocycles. The van der Waals surface area contributed by atoms with E-state index in [1.165, 1.54) is 32.9 Å². The lowest BCUT2D eigenvalue weighted by atomic mass is 10.0. The van der Waals surface area contributed by atoms with Crippen molar-refractivity contribution in [3.8, 4) is 5.75 Å². The molecule has 0 radical (unpaired) electrons. The molecule has 0 unspecified atom stereocenters. The molecular weight excluding hydrogens is 430 g/mol. The zero-order valence-corrected chi connectivity index (χ0v) is 20.6. The van der Waals surface area contributed by atoms with Gasteiger partial charge >= 0.3 is 12.1 Å². The molecule has 3 atom stereocenters. The summed E-state index contributed by atoms with van der Waals surface area (Å²) >= 11 is 0. The molecule has 0 spiro atoms. The molecule has 0 saturated heterocycles. The topological polar surface area (TPSA) is 123 Å². The number of rotatable bonds is 9. The van der Waals surface area contributed by atoms with E-state index in [-0.39, 0.29) is 6.42 Å². The summed E-state index contributed by atoms with van der Waals surface area (Å²) in [6, 6.07) is 4.25. The van der Waals surface area contributed by atoms with Gasteiger partial charge in [-0.25, -0.2) is 9.59 Å². The molecule has 3 amide bonds. The van der Waals surface area contributed by atoms with Crippen molar-refractivity contribution in [3.63, 3.8) is 0 Å². The molecule has 0 aliphatic heterocycles. The molecule has 0 aliphatic carbocycles. The van der Waals surface area contributed by atoms with Crippen molar-refractivity contribution in [1.82, 2.24) is 15.5 Å². The predicted molar refractivity (Wildman–Crippen MR) is 122 cm³/mol. The van der Waals surface area contributed by atoms with Gasteiger partial charge in [-0.15, -0.1) is 0 Å². The molecule has 2 N–H and O–H groups in total. The number of nitrogens with zero attached hydrogens (tertiary/aromatic N) is 1. The molecule has 0 aliphatic rings. The zero-order valence-electron chi connectivity index (χ0n) is 20.6. The Bertz CT molecular complexity index is 833. The summed E-state index contributed by atoms with van der Waals surface area (Å²) in [4.78, 5) is 51.1. The highest BCUT2D eigenvalue weighted by Crippen LogP contribution is 2.15. The fourth-order valence-corrected chi connectivity index (χ4v) is 2.94. The first-order valence-corrected chi connectivity index (χ1v) is 10.6. The van der Waals surface area contributed by atoms with E-state index in [4.69, 9.17) is 9.47 Å². The van der Waals surface area contributed by atoms with Crippen molar-refractivity contribution in [2.45, 2.75) is 64.8 Å². The quantitative estimate of drug-likeness (QED) is 0.532. The van der Waals surface area contributed by atoms with Crippen molar-refractivity contribution in [2.75, 3.05) is 21.3 Å². The van der Waals surface area contributed by atoms with Crippen LogP contribution in [0, 0.1) is 0 Å². The third kappa shape index (κ3) is 8.99. The van der Waals surface area contributed by atoms with Crippen molar-refractivity contribution < 1.29 is 33.4 Å². The lowest BCUT2D eigenvalue weighted by molar-refractivity contribution is -0.146. The van der Waals surface area contributed by atoms with Crippen LogP contribution >= 0.6 is 0 Å². The number of amides is 3. The van der Waals surface area contributed by atoms with E-state index in [1.807, 2.05) is 0 Å². The van der Waals surface area contributed by atoms with Crippen LogP contribution in [0.4, 0.5) is 4.79 Å². The SMILES string of the molecule is COC(=O)[C@H](C)NC(=O)[C@@H](Cc1ccc(OC)cc1)N(C)C(=O)[C@H](C)NC(=O)OC(C)(C)C. The Morgan fingerprint density at radius 2 is 1.55 bits per heavy atom. The number of hydrogen-bond acceptors (Lipinski definition) is 7. The van der Waals surface area contributed by atoms with Gasteiger partial charge in [0.25, 0.3) is 0 Å². The van der Waals surface area contributed by atoms with Gasteiger partial charge in [0.2, 0.25) is 11.8 Å². The molecule has 10 heteroatoms. The van der Waals surface area contributed by atoms with Gasteiger partial charge in [0.1, 0.15) is 29.5 Å². The number of hydrogen-bond donors (Lipinski definition) is 2. The third-order valence-electron chi connectivity index (χ3n) is 4.72. The van der Waals surface area contributed by atoms with Crippen LogP contribution in [0.1, 0.15) is 40.2 Å². The maximum atomic E-state index is 13.0. The van der Waals surface area contributed by atoms with Crippen LogP contribution < -0.4 is 15.4 Å². The van der Waals surface area contributed by atoms with Gasteiger partial charge in [-0.2, -0.15) is 0 Å². The van der Waals surface area contributed by atoms with Gasteiger partial charge in [0, 0.05) is 13.5 Å². The van der Waals surface area contributed by atoms with Crippen LogP contribution in [0.15, 0.2) is 24.3 Å². The normalized spacial score (nSPS) is 13.7. The largest absolute Gasteiger partial charge is 0.497 e. The zero-order chi connectivity index (χ0) is 25.3. The van der Waals surface area contributed by atoms with Crippen LogP contribution in [0.25, 0.3) is 0 Å². The van der Waals surface area contributed by atoms with Crippen molar-refractivity contribution in [2.24, 2.45) is 0 Å². The van der Waals surface area contributed by atoms with Gasteiger partial charge < -0.3 is 29.7 Å². The van der Waals surface area contributed by atoms with Gasteiger partial charge in [-0.3, -0.25) is 9.59 Å². The molecule has 33 heavy (non-hydrogen) atoms. The van der Waals surface area contributed by atoms with E-state index in [2.05, 4.69) is 15.4 Å². The fourth-order valence-electron chi connectivity index (χ4n) is 2.94. The summed E-state index contributed by atoms with van der Waals surface area (Å²) in [7, 11) is 4.23. The van der Waals surface area contributed by atoms with E-state index in [9.17, 15) is 19.2 Å². The summed E-state index contributed by atoms with van der Waals surface area (Å²) in [6.07, 6.45) is -0.572. The summed E-state index contributed by atoms with van der Waals surface area (Å²) in [5.74, 6) is -0.997. The average molecular weight is 466 g/mol. The van der Waals surface area contributed by atoms with E-state index >= 15 is 0 Å². The van der Waals surface area contributed by atoms with Crippen molar-refractivity contribution in [1.29, 1.82) is 0 Å². The number of ether oxygens (including phenoxy) is 3. The lowest BCUT2D eigenvalue weighted by Gasteiger charge is -2.31. The van der Waals surface area contributed by atoms with E-state index < -0.39 is 47.6 Å². The monoisotopic (exact) mass is 465 g/mol. The van der Waals surface area contributed by atoms with Crippen LogP contribution in [0.2, 0.25) is 0 Å². The Balaban J connectivity index is 3.06. The summed E-state index contributed by atoms with van der Waals surface area (Å²) in [5, 5.41) is 5.06. The maximum absolute atomic E-state index is 13.0. The molecule has 184 valence electrons. The Kier molecular flexibility index (Phi) is 10.2. The first-order chi connectivity index (χ1) is 15.3. The van der Waals surface area contributed by atoms with Crippen LogP contribution in [0.5, 0.6) is 5.75 Å². The van der Waals surface area contributed by atoms with Gasteiger partial charge in [-0.05, 0) is 52.3 Å². The second kappa shape index (κ2) is 12.1. The van der Waals surface area contributed by atoms with Gasteiger partial charge in [0.15, 0.2) is 0 Å². The van der Waals surface area contributed by atoms with E-state index in [0.29, 0.717) is 5.75 Å². The highest BCUT2D eigenvalue weighted by atomic mass is 16.6. The molecule has 0 fully saturated rings. The van der Waals surface area contributed by atoms with E-state index in [1.54, 1.807) is 52.1 Å². The third-order valence-corrected chi connectivity index (χ3v) is 4.72. The summed E-state index contributed by atoms with van der Waals surface area (Å²) in [5.41, 5.74) is 0.0496. The second-order valence-electron chi connectivity index (χ2n) is 8.64. The fraction of sp³-hybridized carbons (Fsp3) is 0.565. The summed E-state index contributed by atoms with van der Waals surface area (Å²) < 4.78 is 15.0.